The van der Waals surface area contributed by atoms with Crippen molar-refractivity contribution in [3.05, 3.63) is 54.1 Å². The van der Waals surface area contributed by atoms with Crippen LogP contribution in [0.25, 0.3) is 11.1 Å². The van der Waals surface area contributed by atoms with Crippen LogP contribution in [0.5, 0.6) is 5.75 Å². The Morgan fingerprint density at radius 1 is 1.10 bits per heavy atom. The van der Waals surface area contributed by atoms with E-state index in [4.69, 9.17) is 16.3 Å². The normalized spacial score (nSPS) is 12.1. The Bertz CT molecular complexity index is 551. The van der Waals surface area contributed by atoms with Crippen LogP contribution in [0, 0.1) is 0 Å². The first-order valence-corrected chi connectivity index (χ1v) is 7.83. The molecule has 0 bridgehead atoms. The standard InChI is InChI=1S/C18H21ClO2/c1-2-16(20)13-15-5-3-4-6-18(15)14-7-9-17(10-8-14)21-12-11-19/h3-10,16,20H,2,11-13H2,1H3. The van der Waals surface area contributed by atoms with Gasteiger partial charge in [0, 0.05) is 0 Å². The summed E-state index contributed by atoms with van der Waals surface area (Å²) in [6, 6.07) is 16.2. The molecule has 0 saturated carbocycles. The van der Waals surface area contributed by atoms with Crippen molar-refractivity contribution in [2.24, 2.45) is 0 Å². The molecule has 0 amide bonds. The smallest absolute Gasteiger partial charge is 0.119 e. The van der Waals surface area contributed by atoms with Gasteiger partial charge in [-0.1, -0.05) is 43.3 Å². The van der Waals surface area contributed by atoms with Crippen molar-refractivity contribution in [3.63, 3.8) is 0 Å². The van der Waals surface area contributed by atoms with Crippen molar-refractivity contribution in [3.8, 4) is 16.9 Å². The maximum absolute atomic E-state index is 9.89. The molecule has 0 fully saturated rings. The van der Waals surface area contributed by atoms with Crippen molar-refractivity contribution < 1.29 is 9.84 Å². The fourth-order valence-electron chi connectivity index (χ4n) is 2.27. The molecule has 0 aliphatic rings. The summed E-state index contributed by atoms with van der Waals surface area (Å²) in [6.45, 7) is 2.51. The molecule has 3 heteroatoms. The molecule has 0 aliphatic carbocycles. The molecule has 1 unspecified atom stereocenters. The number of hydrogen-bond donors (Lipinski definition) is 1. The highest BCUT2D eigenvalue weighted by molar-refractivity contribution is 6.18. The van der Waals surface area contributed by atoms with Gasteiger partial charge in [-0.25, -0.2) is 0 Å². The van der Waals surface area contributed by atoms with E-state index < -0.39 is 0 Å². The zero-order chi connectivity index (χ0) is 15.1. The summed E-state index contributed by atoms with van der Waals surface area (Å²) < 4.78 is 5.49. The van der Waals surface area contributed by atoms with E-state index in [0.29, 0.717) is 18.9 Å². The molecule has 0 aromatic heterocycles. The number of halogens is 1. The molecule has 2 nitrogen and oxygen atoms in total. The average molecular weight is 305 g/mol. The lowest BCUT2D eigenvalue weighted by atomic mass is 9.95. The second-order valence-electron chi connectivity index (χ2n) is 4.99. The molecular formula is C18H21ClO2. The first-order chi connectivity index (χ1) is 10.2. The molecule has 2 aromatic rings. The summed E-state index contributed by atoms with van der Waals surface area (Å²) in [5.41, 5.74) is 3.46. The molecule has 0 spiro atoms. The summed E-state index contributed by atoms with van der Waals surface area (Å²) >= 11 is 5.61. The van der Waals surface area contributed by atoms with Gasteiger partial charge in [0.05, 0.1) is 12.0 Å². The number of benzene rings is 2. The number of aliphatic hydroxyl groups is 1. The second-order valence-corrected chi connectivity index (χ2v) is 5.36. The van der Waals surface area contributed by atoms with Crippen LogP contribution in [0.3, 0.4) is 0 Å². The maximum Gasteiger partial charge on any atom is 0.119 e. The summed E-state index contributed by atoms with van der Waals surface area (Å²) in [7, 11) is 0. The van der Waals surface area contributed by atoms with Crippen LogP contribution in [0.4, 0.5) is 0 Å². The molecule has 0 aliphatic heterocycles. The van der Waals surface area contributed by atoms with Crippen molar-refractivity contribution >= 4 is 11.6 Å². The summed E-state index contributed by atoms with van der Waals surface area (Å²) in [5, 5.41) is 9.89. The lowest BCUT2D eigenvalue weighted by Crippen LogP contribution is -2.09. The number of aliphatic hydroxyl groups excluding tert-OH is 1. The lowest BCUT2D eigenvalue weighted by Gasteiger charge is -2.13. The molecule has 2 aromatic carbocycles. The van der Waals surface area contributed by atoms with E-state index in [1.807, 2.05) is 43.3 Å². The van der Waals surface area contributed by atoms with E-state index in [1.165, 1.54) is 5.56 Å². The fraction of sp³-hybridized carbons (Fsp3) is 0.333. The monoisotopic (exact) mass is 304 g/mol. The molecule has 112 valence electrons. The topological polar surface area (TPSA) is 29.5 Å². The summed E-state index contributed by atoms with van der Waals surface area (Å²) in [4.78, 5) is 0. The van der Waals surface area contributed by atoms with E-state index >= 15 is 0 Å². The molecular weight excluding hydrogens is 284 g/mol. The molecule has 21 heavy (non-hydrogen) atoms. The highest BCUT2D eigenvalue weighted by atomic mass is 35.5. The Morgan fingerprint density at radius 3 is 2.48 bits per heavy atom. The predicted molar refractivity (Wildman–Crippen MR) is 88.1 cm³/mol. The SMILES string of the molecule is CCC(O)Cc1ccccc1-c1ccc(OCCCl)cc1. The van der Waals surface area contributed by atoms with Gasteiger partial charge in [-0.2, -0.15) is 0 Å². The van der Waals surface area contributed by atoms with Gasteiger partial charge in [0.1, 0.15) is 12.4 Å². The Hall–Kier alpha value is -1.51. The van der Waals surface area contributed by atoms with Crippen LogP contribution < -0.4 is 4.74 Å². The van der Waals surface area contributed by atoms with Crippen molar-refractivity contribution in [1.29, 1.82) is 0 Å². The summed E-state index contributed by atoms with van der Waals surface area (Å²) in [5.74, 6) is 1.31. The Balaban J connectivity index is 2.21. The Morgan fingerprint density at radius 2 is 1.81 bits per heavy atom. The Kier molecular flexibility index (Phi) is 6.09. The molecule has 0 saturated heterocycles. The molecule has 0 radical (unpaired) electrons. The van der Waals surface area contributed by atoms with Gasteiger partial charge < -0.3 is 9.84 Å². The minimum absolute atomic E-state index is 0.294. The highest BCUT2D eigenvalue weighted by Gasteiger charge is 2.09. The summed E-state index contributed by atoms with van der Waals surface area (Å²) in [6.07, 6.45) is 1.15. The van der Waals surface area contributed by atoms with Crippen molar-refractivity contribution in [1.82, 2.24) is 0 Å². The zero-order valence-corrected chi connectivity index (χ0v) is 13.0. The van der Waals surface area contributed by atoms with Gasteiger partial charge in [-0.15, -0.1) is 11.6 Å². The van der Waals surface area contributed by atoms with Crippen molar-refractivity contribution in [2.45, 2.75) is 25.9 Å². The first-order valence-electron chi connectivity index (χ1n) is 7.29. The third-order valence-corrected chi connectivity index (χ3v) is 3.61. The first kappa shape index (κ1) is 15.9. The van der Waals surface area contributed by atoms with E-state index in [0.717, 1.165) is 23.3 Å². The van der Waals surface area contributed by atoms with Gasteiger partial charge in [0.25, 0.3) is 0 Å². The number of ether oxygens (including phenoxy) is 1. The molecule has 2 rings (SSSR count). The Labute approximate surface area is 131 Å². The minimum atomic E-state index is -0.294. The molecule has 1 atom stereocenters. The van der Waals surface area contributed by atoms with E-state index in [2.05, 4.69) is 12.1 Å². The zero-order valence-electron chi connectivity index (χ0n) is 12.3. The molecule has 1 N–H and O–H groups in total. The quantitative estimate of drug-likeness (QED) is 0.773. The maximum atomic E-state index is 9.89. The van der Waals surface area contributed by atoms with E-state index in [1.54, 1.807) is 0 Å². The van der Waals surface area contributed by atoms with Crippen LogP contribution in [-0.2, 0) is 6.42 Å². The minimum Gasteiger partial charge on any atom is -0.492 e. The largest absolute Gasteiger partial charge is 0.492 e. The van der Waals surface area contributed by atoms with Gasteiger partial charge in [0.15, 0.2) is 0 Å². The second kappa shape index (κ2) is 8.06. The number of alkyl halides is 1. The third kappa shape index (κ3) is 4.48. The third-order valence-electron chi connectivity index (χ3n) is 3.46. The van der Waals surface area contributed by atoms with Gasteiger partial charge in [0.2, 0.25) is 0 Å². The van der Waals surface area contributed by atoms with Gasteiger partial charge in [-0.05, 0) is 41.7 Å². The number of hydrogen-bond acceptors (Lipinski definition) is 2. The van der Waals surface area contributed by atoms with E-state index in [-0.39, 0.29) is 6.10 Å². The fourth-order valence-corrected chi connectivity index (χ4v) is 2.34. The lowest BCUT2D eigenvalue weighted by molar-refractivity contribution is 0.171. The van der Waals surface area contributed by atoms with Crippen LogP contribution in [0.15, 0.2) is 48.5 Å². The van der Waals surface area contributed by atoms with Crippen LogP contribution >= 0.6 is 11.6 Å². The highest BCUT2D eigenvalue weighted by Crippen LogP contribution is 2.27. The van der Waals surface area contributed by atoms with Gasteiger partial charge in [-0.3, -0.25) is 0 Å². The predicted octanol–water partition coefficient (Wildman–Crippen LogP) is 4.28. The van der Waals surface area contributed by atoms with E-state index in [9.17, 15) is 5.11 Å². The molecule has 0 heterocycles. The van der Waals surface area contributed by atoms with Crippen LogP contribution in [-0.4, -0.2) is 23.7 Å². The number of rotatable bonds is 7. The van der Waals surface area contributed by atoms with Crippen molar-refractivity contribution in [2.75, 3.05) is 12.5 Å². The van der Waals surface area contributed by atoms with Gasteiger partial charge >= 0.3 is 0 Å². The average Bonchev–Trinajstić information content (AvgIpc) is 2.54. The van der Waals surface area contributed by atoms with Crippen LogP contribution in [0.1, 0.15) is 18.9 Å². The van der Waals surface area contributed by atoms with Crippen LogP contribution in [0.2, 0.25) is 0 Å².